The predicted molar refractivity (Wildman–Crippen MR) is 64.7 cm³/mol. The van der Waals surface area contributed by atoms with Gasteiger partial charge >= 0.3 is 23.1 Å². The molecule has 1 heterocycles. The Labute approximate surface area is 126 Å². The molecule has 0 amide bonds. The molecule has 1 aliphatic rings. The molecule has 0 atom stereocenters. The molecule has 0 saturated carbocycles. The third kappa shape index (κ3) is 5.17. The van der Waals surface area contributed by atoms with Crippen molar-refractivity contribution in [2.45, 2.75) is 26.3 Å². The van der Waals surface area contributed by atoms with Crippen LogP contribution in [-0.4, -0.2) is 41.0 Å². The van der Waals surface area contributed by atoms with E-state index < -0.39 is 0 Å². The fourth-order valence-electron chi connectivity index (χ4n) is 2.01. The summed E-state index contributed by atoms with van der Waals surface area (Å²) in [6, 6.07) is 11.4. The number of halogens is 1. The Morgan fingerprint density at radius 3 is 2.62 bits per heavy atom. The van der Waals surface area contributed by atoms with Gasteiger partial charge in [0.15, 0.2) is 0 Å². The Morgan fingerprint density at radius 2 is 2.06 bits per heavy atom. The fraction of sp³-hybridized carbons (Fsp3) is 0.538. The average Bonchev–Trinajstić information content (AvgIpc) is 2.23. The molecule has 1 nitrogen and oxygen atoms in total. The second kappa shape index (κ2) is 8.51. The fourth-order valence-corrected chi connectivity index (χ4v) is 2.01. The van der Waals surface area contributed by atoms with E-state index in [1.54, 1.807) is 0 Å². The van der Waals surface area contributed by atoms with Crippen LogP contribution in [0, 0.1) is 12.0 Å². The van der Waals surface area contributed by atoms with E-state index in [2.05, 4.69) is 36.1 Å². The van der Waals surface area contributed by atoms with Crippen molar-refractivity contribution in [3.8, 4) is 0 Å². The van der Waals surface area contributed by atoms with Gasteiger partial charge in [-0.1, -0.05) is 6.92 Å². The predicted octanol–water partition coefficient (Wildman–Crippen LogP) is -0.658. The van der Waals surface area contributed by atoms with Crippen molar-refractivity contribution in [1.29, 1.82) is 0 Å². The van der Waals surface area contributed by atoms with Crippen LogP contribution in [0.5, 0.6) is 0 Å². The minimum absolute atomic E-state index is 0. The molecule has 1 saturated heterocycles. The van der Waals surface area contributed by atoms with Crippen LogP contribution in [0.4, 0.5) is 0 Å². The first-order chi connectivity index (χ1) is 6.84. The van der Waals surface area contributed by atoms with Crippen LogP contribution in [0.2, 0.25) is 0 Å². The summed E-state index contributed by atoms with van der Waals surface area (Å²) in [5.74, 6) is 0.925. The maximum Gasteiger partial charge on any atom is 2.00 e. The molecule has 16 heavy (non-hydrogen) atoms. The van der Waals surface area contributed by atoms with Gasteiger partial charge in [-0.3, -0.25) is 0 Å². The maximum atomic E-state index is 3.13. The molecule has 1 aliphatic heterocycles. The Kier molecular flexibility index (Phi) is 8.73. The van der Waals surface area contributed by atoms with Crippen molar-refractivity contribution in [2.75, 3.05) is 13.1 Å². The molecule has 0 spiro atoms. The van der Waals surface area contributed by atoms with E-state index in [0.29, 0.717) is 0 Å². The molecule has 0 aliphatic carbocycles. The van der Waals surface area contributed by atoms with Crippen molar-refractivity contribution in [3.05, 3.63) is 35.9 Å². The van der Waals surface area contributed by atoms with Gasteiger partial charge in [0.25, 0.3) is 0 Å². The first kappa shape index (κ1) is 16.4. The average molecular weight is 293 g/mol. The molecule has 0 aromatic heterocycles. The smallest absolute Gasteiger partial charge is 1.00 e. The summed E-state index contributed by atoms with van der Waals surface area (Å²) in [6.07, 6.45) is 2.72. The van der Waals surface area contributed by atoms with Gasteiger partial charge in [-0.25, -0.2) is 0 Å². The molecule has 3 heteroatoms. The zero-order valence-corrected chi connectivity index (χ0v) is 13.0. The summed E-state index contributed by atoms with van der Waals surface area (Å²) < 4.78 is 0. The monoisotopic (exact) mass is 291 g/mol. The molecule has 2 rings (SSSR count). The topological polar surface area (TPSA) is 3.24 Å². The van der Waals surface area contributed by atoms with Crippen molar-refractivity contribution in [3.63, 3.8) is 0 Å². The summed E-state index contributed by atoms with van der Waals surface area (Å²) >= 11 is 0. The van der Waals surface area contributed by atoms with Gasteiger partial charge in [0.05, 0.1) is 0 Å². The van der Waals surface area contributed by atoms with E-state index in [1.165, 1.54) is 31.5 Å². The van der Waals surface area contributed by atoms with E-state index in [1.807, 2.05) is 6.07 Å². The standard InChI is InChI=1S/C13H18N.BrH.Mg/c1-12-7-9-14(10-8-12)11-13-5-3-2-4-6-13;;/h2-3,5-6,12H,7-11H2,1H3;1H;/q-1;;+2/p-1. The van der Waals surface area contributed by atoms with Gasteiger partial charge in [-0.15, -0.1) is 5.56 Å². The first-order valence-electron chi connectivity index (χ1n) is 5.52. The van der Waals surface area contributed by atoms with Crippen molar-refractivity contribution in [1.82, 2.24) is 4.90 Å². The van der Waals surface area contributed by atoms with Crippen LogP contribution in [0.3, 0.4) is 0 Å². The third-order valence-electron chi connectivity index (χ3n) is 3.05. The van der Waals surface area contributed by atoms with E-state index in [-0.39, 0.29) is 40.0 Å². The summed E-state index contributed by atoms with van der Waals surface area (Å²) in [4.78, 5) is 2.54. The van der Waals surface area contributed by atoms with Gasteiger partial charge in [0, 0.05) is 0 Å². The SMILES string of the molecule is CC1CCN(Cc2c[c-]ccc2)CC1.[Br-].[Mg+2]. The molecular formula is C13H18BrMgN. The van der Waals surface area contributed by atoms with E-state index >= 15 is 0 Å². The minimum atomic E-state index is 0. The van der Waals surface area contributed by atoms with Crippen LogP contribution in [-0.2, 0) is 6.54 Å². The molecule has 0 N–H and O–H groups in total. The van der Waals surface area contributed by atoms with E-state index in [9.17, 15) is 0 Å². The summed E-state index contributed by atoms with van der Waals surface area (Å²) in [5.41, 5.74) is 1.39. The molecule has 1 aromatic rings. The second-order valence-electron chi connectivity index (χ2n) is 4.37. The van der Waals surface area contributed by atoms with E-state index in [4.69, 9.17) is 0 Å². The number of likely N-dealkylation sites (tertiary alicyclic amines) is 1. The molecular weight excluding hydrogens is 274 g/mol. The maximum absolute atomic E-state index is 3.13. The van der Waals surface area contributed by atoms with Crippen molar-refractivity contribution >= 4 is 23.1 Å². The normalized spacial score (nSPS) is 17.3. The number of rotatable bonds is 2. The molecule has 84 valence electrons. The largest absolute Gasteiger partial charge is 2.00 e. The first-order valence-corrected chi connectivity index (χ1v) is 5.52. The third-order valence-corrected chi connectivity index (χ3v) is 3.05. The minimum Gasteiger partial charge on any atom is -1.00 e. The van der Waals surface area contributed by atoms with Crippen LogP contribution >= 0.6 is 0 Å². The van der Waals surface area contributed by atoms with Crippen molar-refractivity contribution in [2.24, 2.45) is 5.92 Å². The Bertz CT molecular complexity index is 271. The number of piperidine rings is 1. The molecule has 0 radical (unpaired) electrons. The van der Waals surface area contributed by atoms with Crippen LogP contribution in [0.25, 0.3) is 0 Å². The Hall–Kier alpha value is 0.426. The van der Waals surface area contributed by atoms with Crippen LogP contribution in [0.15, 0.2) is 24.3 Å². The Balaban J connectivity index is 0.00000112. The molecule has 1 fully saturated rings. The molecule has 0 bridgehead atoms. The molecule has 1 aromatic carbocycles. The summed E-state index contributed by atoms with van der Waals surface area (Å²) in [7, 11) is 0. The van der Waals surface area contributed by atoms with E-state index in [0.717, 1.165) is 12.5 Å². The zero-order chi connectivity index (χ0) is 9.80. The van der Waals surface area contributed by atoms with Crippen molar-refractivity contribution < 1.29 is 17.0 Å². The Morgan fingerprint density at radius 1 is 1.38 bits per heavy atom. The number of hydrogen-bond donors (Lipinski definition) is 0. The second-order valence-corrected chi connectivity index (χ2v) is 4.37. The van der Waals surface area contributed by atoms with Crippen LogP contribution < -0.4 is 17.0 Å². The van der Waals surface area contributed by atoms with Gasteiger partial charge in [0.2, 0.25) is 0 Å². The van der Waals surface area contributed by atoms with Gasteiger partial charge in [0.1, 0.15) is 0 Å². The van der Waals surface area contributed by atoms with Gasteiger partial charge < -0.3 is 21.9 Å². The summed E-state index contributed by atoms with van der Waals surface area (Å²) in [5, 5.41) is 0. The quantitative estimate of drug-likeness (QED) is 0.517. The van der Waals surface area contributed by atoms with Gasteiger partial charge in [-0.2, -0.15) is 30.3 Å². The number of nitrogens with zero attached hydrogens (tertiary/aromatic N) is 1. The summed E-state index contributed by atoms with van der Waals surface area (Å²) in [6.45, 7) is 5.98. The molecule has 0 unspecified atom stereocenters. The number of hydrogen-bond acceptors (Lipinski definition) is 1. The van der Waals surface area contributed by atoms with Crippen LogP contribution in [0.1, 0.15) is 25.3 Å². The van der Waals surface area contributed by atoms with Gasteiger partial charge in [-0.05, 0) is 38.4 Å². The zero-order valence-electron chi connectivity index (χ0n) is 9.95. The number of benzene rings is 1.